The molecule has 0 saturated carbocycles. The number of hydrogen-bond donors (Lipinski definition) is 0. The summed E-state index contributed by atoms with van der Waals surface area (Å²) in [5.74, 6) is 0. The van der Waals surface area contributed by atoms with Crippen LogP contribution in [0.1, 0.15) is 11.4 Å². The largest absolute Gasteiger partial charge is 0.241 e. The molecule has 2 nitrogen and oxygen atoms in total. The molecule has 0 bridgehead atoms. The fraction of sp³-hybridized carbons (Fsp3) is 0.100. The molecule has 0 N–H and O–H groups in total. The van der Waals surface area contributed by atoms with E-state index in [0.717, 1.165) is 21.0 Å². The molecule has 0 spiro atoms. The zero-order valence-electron chi connectivity index (χ0n) is 12.9. The molecule has 0 saturated heterocycles. The lowest BCUT2D eigenvalue weighted by Crippen LogP contribution is -1.86. The second-order valence-electron chi connectivity index (χ2n) is 5.95. The molecule has 0 radical (unpaired) electrons. The van der Waals surface area contributed by atoms with E-state index in [1.165, 1.54) is 32.3 Å². The minimum absolute atomic E-state index is 1.08. The Morgan fingerprint density at radius 3 is 1.43 bits per heavy atom. The average Bonchev–Trinajstić information content (AvgIpc) is 2.93. The first-order valence-electron chi connectivity index (χ1n) is 7.71. The molecule has 0 aliphatic rings. The molecule has 0 aliphatic carbocycles. The van der Waals surface area contributed by atoms with E-state index < -0.39 is 0 Å². The quantitative estimate of drug-likeness (QED) is 0.363. The van der Waals surface area contributed by atoms with Crippen molar-refractivity contribution in [2.45, 2.75) is 13.8 Å². The number of aryl methyl sites for hydroxylation is 2. The Morgan fingerprint density at radius 2 is 1.00 bits per heavy atom. The second-order valence-corrected chi connectivity index (χ2v) is 6.93. The van der Waals surface area contributed by atoms with Gasteiger partial charge < -0.3 is 0 Å². The highest BCUT2D eigenvalue weighted by atomic mass is 32.1. The van der Waals surface area contributed by atoms with Gasteiger partial charge in [-0.2, -0.15) is 0 Å². The lowest BCUT2D eigenvalue weighted by Gasteiger charge is -2.06. The molecule has 23 heavy (non-hydrogen) atoms. The van der Waals surface area contributed by atoms with E-state index in [2.05, 4.69) is 62.4 Å². The summed E-state index contributed by atoms with van der Waals surface area (Å²) < 4.78 is 0. The van der Waals surface area contributed by atoms with E-state index >= 15 is 0 Å². The molecule has 2 aromatic carbocycles. The SMILES string of the molecule is Cc1nc2sc3nc(C)c4ccccc4c3c2c2ccccc12. The first kappa shape index (κ1) is 13.0. The third-order valence-corrected chi connectivity index (χ3v) is 5.56. The Labute approximate surface area is 137 Å². The maximum absolute atomic E-state index is 4.86. The van der Waals surface area contributed by atoms with Gasteiger partial charge in [-0.15, -0.1) is 0 Å². The maximum Gasteiger partial charge on any atom is 0.126 e. The van der Waals surface area contributed by atoms with Crippen molar-refractivity contribution < 1.29 is 0 Å². The van der Waals surface area contributed by atoms with Crippen molar-refractivity contribution in [3.8, 4) is 0 Å². The van der Waals surface area contributed by atoms with Crippen LogP contribution in [0.15, 0.2) is 48.5 Å². The highest BCUT2D eigenvalue weighted by molar-refractivity contribution is 7.25. The molecule has 0 unspecified atom stereocenters. The van der Waals surface area contributed by atoms with Crippen LogP contribution < -0.4 is 0 Å². The number of nitrogens with zero attached hydrogens (tertiary/aromatic N) is 2. The predicted octanol–water partition coefficient (Wildman–Crippen LogP) is 5.77. The van der Waals surface area contributed by atoms with Gasteiger partial charge in [-0.3, -0.25) is 0 Å². The number of thiophene rings is 1. The van der Waals surface area contributed by atoms with Crippen LogP contribution in [0.4, 0.5) is 0 Å². The summed E-state index contributed by atoms with van der Waals surface area (Å²) in [6.07, 6.45) is 0. The Balaban J connectivity index is 2.18. The van der Waals surface area contributed by atoms with E-state index in [1.807, 2.05) is 0 Å². The van der Waals surface area contributed by atoms with E-state index in [4.69, 9.17) is 9.97 Å². The van der Waals surface area contributed by atoms with Gasteiger partial charge in [0.05, 0.1) is 0 Å². The minimum atomic E-state index is 1.08. The smallest absolute Gasteiger partial charge is 0.126 e. The second kappa shape index (κ2) is 4.49. The van der Waals surface area contributed by atoms with Crippen LogP contribution in [0, 0.1) is 13.8 Å². The number of fused-ring (bicyclic) bond motifs is 7. The summed E-state index contributed by atoms with van der Waals surface area (Å²) in [4.78, 5) is 11.9. The third-order valence-electron chi connectivity index (χ3n) is 4.58. The summed E-state index contributed by atoms with van der Waals surface area (Å²) >= 11 is 1.70. The summed E-state index contributed by atoms with van der Waals surface area (Å²) in [7, 11) is 0. The van der Waals surface area contributed by atoms with Gasteiger partial charge in [0.15, 0.2) is 0 Å². The molecule has 0 aliphatic heterocycles. The molecular formula is C20H14N2S. The van der Waals surface area contributed by atoms with E-state index in [1.54, 1.807) is 11.3 Å². The van der Waals surface area contributed by atoms with Crippen molar-refractivity contribution in [1.29, 1.82) is 0 Å². The summed E-state index contributed by atoms with van der Waals surface area (Å²) in [5, 5.41) is 7.49. The number of pyridine rings is 2. The van der Waals surface area contributed by atoms with Crippen LogP contribution in [0.3, 0.4) is 0 Å². The molecule has 110 valence electrons. The van der Waals surface area contributed by atoms with Crippen LogP contribution in [0.25, 0.3) is 42.0 Å². The number of benzene rings is 2. The van der Waals surface area contributed by atoms with Gasteiger partial charge in [-0.25, -0.2) is 9.97 Å². The molecule has 5 rings (SSSR count). The predicted molar refractivity (Wildman–Crippen MR) is 99.4 cm³/mol. The van der Waals surface area contributed by atoms with Gasteiger partial charge in [-0.05, 0) is 24.6 Å². The maximum atomic E-state index is 4.86. The van der Waals surface area contributed by atoms with Crippen molar-refractivity contribution in [3.05, 3.63) is 59.9 Å². The average molecular weight is 314 g/mol. The monoisotopic (exact) mass is 314 g/mol. The zero-order chi connectivity index (χ0) is 15.6. The van der Waals surface area contributed by atoms with Gasteiger partial charge in [0.2, 0.25) is 0 Å². The van der Waals surface area contributed by atoms with Crippen molar-refractivity contribution in [3.63, 3.8) is 0 Å². The third kappa shape index (κ3) is 1.68. The van der Waals surface area contributed by atoms with Crippen molar-refractivity contribution in [2.24, 2.45) is 0 Å². The minimum Gasteiger partial charge on any atom is -0.241 e. The van der Waals surface area contributed by atoms with Gasteiger partial charge in [0, 0.05) is 32.9 Å². The molecular weight excluding hydrogens is 300 g/mol. The molecule has 3 heterocycles. The lowest BCUT2D eigenvalue weighted by molar-refractivity contribution is 1.31. The van der Waals surface area contributed by atoms with Gasteiger partial charge in [0.1, 0.15) is 9.66 Å². The Morgan fingerprint density at radius 1 is 0.609 bits per heavy atom. The first-order chi connectivity index (χ1) is 11.2. The normalized spacial score (nSPS) is 11.9. The molecule has 5 aromatic rings. The Kier molecular flexibility index (Phi) is 2.53. The number of aromatic nitrogens is 2. The molecule has 0 amide bonds. The molecule has 3 heteroatoms. The summed E-state index contributed by atoms with van der Waals surface area (Å²) in [5.41, 5.74) is 2.17. The highest BCUT2D eigenvalue weighted by Gasteiger charge is 2.16. The van der Waals surface area contributed by atoms with Gasteiger partial charge in [-0.1, -0.05) is 59.9 Å². The zero-order valence-corrected chi connectivity index (χ0v) is 13.7. The standard InChI is InChI=1S/C20H14N2S/c1-11-13-7-3-5-9-15(13)17-18-16-10-6-4-8-14(16)12(2)22-20(18)23-19(17)21-11/h3-10H,1-2H3. The Bertz CT molecular complexity index is 1140. The first-order valence-corrected chi connectivity index (χ1v) is 8.52. The van der Waals surface area contributed by atoms with Gasteiger partial charge in [0.25, 0.3) is 0 Å². The van der Waals surface area contributed by atoms with Crippen LogP contribution in [-0.2, 0) is 0 Å². The van der Waals surface area contributed by atoms with E-state index in [-0.39, 0.29) is 0 Å². The number of hydrogen-bond acceptors (Lipinski definition) is 3. The Hall–Kier alpha value is -2.52. The summed E-state index contributed by atoms with van der Waals surface area (Å²) in [6.45, 7) is 4.17. The van der Waals surface area contributed by atoms with Crippen molar-refractivity contribution in [1.82, 2.24) is 9.97 Å². The fourth-order valence-corrected chi connectivity index (χ4v) is 4.70. The van der Waals surface area contributed by atoms with Crippen molar-refractivity contribution in [2.75, 3.05) is 0 Å². The van der Waals surface area contributed by atoms with E-state index in [9.17, 15) is 0 Å². The van der Waals surface area contributed by atoms with Gasteiger partial charge >= 0.3 is 0 Å². The number of rotatable bonds is 0. The topological polar surface area (TPSA) is 25.8 Å². The van der Waals surface area contributed by atoms with Crippen molar-refractivity contribution >= 4 is 53.3 Å². The molecule has 0 atom stereocenters. The summed E-state index contributed by atoms with van der Waals surface area (Å²) in [6, 6.07) is 17.1. The highest BCUT2D eigenvalue weighted by Crippen LogP contribution is 2.41. The molecule has 0 fully saturated rings. The van der Waals surface area contributed by atoms with Crippen LogP contribution in [0.5, 0.6) is 0 Å². The van der Waals surface area contributed by atoms with Crippen LogP contribution in [0.2, 0.25) is 0 Å². The molecule has 3 aromatic heterocycles. The van der Waals surface area contributed by atoms with Crippen LogP contribution in [-0.4, -0.2) is 9.97 Å². The fourth-order valence-electron chi connectivity index (χ4n) is 3.52. The lowest BCUT2D eigenvalue weighted by atomic mass is 10.0. The van der Waals surface area contributed by atoms with Crippen LogP contribution >= 0.6 is 11.3 Å². The van der Waals surface area contributed by atoms with E-state index in [0.29, 0.717) is 0 Å².